The Balaban J connectivity index is 3.05. The molecule has 4 nitrogen and oxygen atoms in total. The largest absolute Gasteiger partial charge is 0.478 e. The third-order valence-electron chi connectivity index (χ3n) is 2.53. The molecule has 0 bridgehead atoms. The Bertz CT molecular complexity index is 396. The number of hydrogen-bond donors (Lipinski definition) is 1. The van der Waals surface area contributed by atoms with Crippen LogP contribution in [0.3, 0.4) is 0 Å². The van der Waals surface area contributed by atoms with Crippen LogP contribution < -0.4 is 4.90 Å². The number of carbonyl (C=O) groups is 1. The standard InChI is InChI=1S/C12H17FN2O2/c1-3-5-6-15(4-2)11-10(12(16)17)7-9(13)8-14-11/h7-8H,3-6H2,1-2H3,(H,16,17). The zero-order chi connectivity index (χ0) is 12.8. The van der Waals surface area contributed by atoms with Crippen LogP contribution in [0, 0.1) is 5.82 Å². The van der Waals surface area contributed by atoms with Gasteiger partial charge in [0.2, 0.25) is 0 Å². The second kappa shape index (κ2) is 6.18. The topological polar surface area (TPSA) is 53.4 Å². The lowest BCUT2D eigenvalue weighted by molar-refractivity contribution is 0.0696. The van der Waals surface area contributed by atoms with E-state index in [9.17, 15) is 9.18 Å². The van der Waals surface area contributed by atoms with Crippen LogP contribution in [-0.4, -0.2) is 29.1 Å². The molecule has 0 saturated heterocycles. The molecule has 0 aliphatic carbocycles. The molecule has 1 aromatic rings. The Morgan fingerprint density at radius 3 is 2.76 bits per heavy atom. The summed E-state index contributed by atoms with van der Waals surface area (Å²) in [4.78, 5) is 16.8. The summed E-state index contributed by atoms with van der Waals surface area (Å²) in [7, 11) is 0. The first kappa shape index (κ1) is 13.4. The van der Waals surface area contributed by atoms with Gasteiger partial charge >= 0.3 is 5.97 Å². The van der Waals surface area contributed by atoms with E-state index < -0.39 is 11.8 Å². The highest BCUT2D eigenvalue weighted by molar-refractivity contribution is 5.93. The Hall–Kier alpha value is -1.65. The summed E-state index contributed by atoms with van der Waals surface area (Å²) in [6.45, 7) is 5.36. The molecule has 94 valence electrons. The third-order valence-corrected chi connectivity index (χ3v) is 2.53. The summed E-state index contributed by atoms with van der Waals surface area (Å²) in [5.74, 6) is -1.44. The number of nitrogens with zero attached hydrogens (tertiary/aromatic N) is 2. The molecule has 0 atom stereocenters. The molecule has 0 fully saturated rings. The first-order valence-corrected chi connectivity index (χ1v) is 5.73. The van der Waals surface area contributed by atoms with Crippen LogP contribution in [0.25, 0.3) is 0 Å². The van der Waals surface area contributed by atoms with Crippen molar-refractivity contribution in [3.63, 3.8) is 0 Å². The molecular formula is C12H17FN2O2. The number of carboxylic acids is 1. The van der Waals surface area contributed by atoms with Gasteiger partial charge in [0.15, 0.2) is 0 Å². The van der Waals surface area contributed by atoms with E-state index in [0.29, 0.717) is 12.4 Å². The van der Waals surface area contributed by atoms with E-state index in [1.165, 1.54) is 0 Å². The van der Waals surface area contributed by atoms with E-state index in [1.54, 1.807) is 0 Å². The summed E-state index contributed by atoms with van der Waals surface area (Å²) < 4.78 is 13.0. The molecular weight excluding hydrogens is 223 g/mol. The third kappa shape index (κ3) is 3.41. The number of aromatic carboxylic acids is 1. The number of aromatic nitrogens is 1. The Labute approximate surface area is 100 Å². The second-order valence-electron chi connectivity index (χ2n) is 3.76. The van der Waals surface area contributed by atoms with Gasteiger partial charge in [-0.3, -0.25) is 0 Å². The average Bonchev–Trinajstić information content (AvgIpc) is 2.31. The SMILES string of the molecule is CCCCN(CC)c1ncc(F)cc1C(=O)O. The quantitative estimate of drug-likeness (QED) is 0.830. The number of carboxylic acid groups (broad SMARTS) is 1. The summed E-state index contributed by atoms with van der Waals surface area (Å²) in [5, 5.41) is 9.03. The van der Waals surface area contributed by atoms with E-state index >= 15 is 0 Å². The lowest BCUT2D eigenvalue weighted by Crippen LogP contribution is -2.27. The van der Waals surface area contributed by atoms with E-state index in [4.69, 9.17) is 5.11 Å². The monoisotopic (exact) mass is 240 g/mol. The van der Waals surface area contributed by atoms with Gasteiger partial charge in [-0.25, -0.2) is 14.2 Å². The predicted molar refractivity (Wildman–Crippen MR) is 63.9 cm³/mol. The zero-order valence-electron chi connectivity index (χ0n) is 10.1. The minimum absolute atomic E-state index is 0.0806. The van der Waals surface area contributed by atoms with Crippen LogP contribution in [0.1, 0.15) is 37.0 Å². The maximum Gasteiger partial charge on any atom is 0.339 e. The van der Waals surface area contributed by atoms with Crippen molar-refractivity contribution in [2.24, 2.45) is 0 Å². The summed E-state index contributed by atoms with van der Waals surface area (Å²) >= 11 is 0. The van der Waals surface area contributed by atoms with Crippen molar-refractivity contribution >= 4 is 11.8 Å². The van der Waals surface area contributed by atoms with Crippen LogP contribution in [0.15, 0.2) is 12.3 Å². The van der Waals surface area contributed by atoms with Gasteiger partial charge in [0.1, 0.15) is 17.2 Å². The number of unbranched alkanes of at least 4 members (excludes halogenated alkanes) is 1. The molecule has 1 rings (SSSR count). The Morgan fingerprint density at radius 1 is 1.53 bits per heavy atom. The fraction of sp³-hybridized carbons (Fsp3) is 0.500. The van der Waals surface area contributed by atoms with Crippen LogP contribution in [0.2, 0.25) is 0 Å². The lowest BCUT2D eigenvalue weighted by atomic mass is 10.2. The highest BCUT2D eigenvalue weighted by Crippen LogP contribution is 2.19. The maximum atomic E-state index is 13.0. The van der Waals surface area contributed by atoms with Crippen molar-refractivity contribution < 1.29 is 14.3 Å². The van der Waals surface area contributed by atoms with Gasteiger partial charge in [-0.2, -0.15) is 0 Å². The van der Waals surface area contributed by atoms with Crippen molar-refractivity contribution in [1.29, 1.82) is 0 Å². The van der Waals surface area contributed by atoms with Gasteiger partial charge in [-0.15, -0.1) is 0 Å². The molecule has 0 spiro atoms. The fourth-order valence-electron chi connectivity index (χ4n) is 1.60. The van der Waals surface area contributed by atoms with Gasteiger partial charge in [0.25, 0.3) is 0 Å². The smallest absolute Gasteiger partial charge is 0.339 e. The molecule has 0 aromatic carbocycles. The van der Waals surface area contributed by atoms with Crippen molar-refractivity contribution in [1.82, 2.24) is 4.98 Å². The van der Waals surface area contributed by atoms with Gasteiger partial charge < -0.3 is 10.0 Å². The fourth-order valence-corrected chi connectivity index (χ4v) is 1.60. The van der Waals surface area contributed by atoms with Gasteiger partial charge in [0.05, 0.1) is 6.20 Å². The highest BCUT2D eigenvalue weighted by atomic mass is 19.1. The first-order chi connectivity index (χ1) is 8.10. The number of halogens is 1. The van der Waals surface area contributed by atoms with E-state index in [2.05, 4.69) is 11.9 Å². The van der Waals surface area contributed by atoms with E-state index in [1.807, 2.05) is 11.8 Å². The molecule has 0 saturated carbocycles. The van der Waals surface area contributed by atoms with Gasteiger partial charge in [-0.05, 0) is 19.4 Å². The summed E-state index contributed by atoms with van der Waals surface area (Å²) in [6.07, 6.45) is 3.02. The number of anilines is 1. The number of hydrogen-bond acceptors (Lipinski definition) is 3. The molecule has 0 aliphatic heterocycles. The van der Waals surface area contributed by atoms with E-state index in [-0.39, 0.29) is 5.56 Å². The minimum atomic E-state index is -1.15. The van der Waals surface area contributed by atoms with Crippen LogP contribution >= 0.6 is 0 Å². The Kier molecular flexibility index (Phi) is 4.87. The highest BCUT2D eigenvalue weighted by Gasteiger charge is 2.17. The minimum Gasteiger partial charge on any atom is -0.478 e. The lowest BCUT2D eigenvalue weighted by Gasteiger charge is -2.23. The molecule has 1 N–H and O–H groups in total. The maximum absolute atomic E-state index is 13.0. The second-order valence-corrected chi connectivity index (χ2v) is 3.76. The average molecular weight is 240 g/mol. The van der Waals surface area contributed by atoms with E-state index in [0.717, 1.165) is 31.6 Å². The molecule has 5 heteroatoms. The summed E-state index contributed by atoms with van der Waals surface area (Å²) in [5.41, 5.74) is -0.0806. The molecule has 1 aromatic heterocycles. The van der Waals surface area contributed by atoms with Crippen molar-refractivity contribution in [2.45, 2.75) is 26.7 Å². The van der Waals surface area contributed by atoms with Crippen molar-refractivity contribution in [3.8, 4) is 0 Å². The Morgan fingerprint density at radius 2 is 2.24 bits per heavy atom. The number of rotatable bonds is 6. The van der Waals surface area contributed by atoms with Crippen LogP contribution in [0.5, 0.6) is 0 Å². The van der Waals surface area contributed by atoms with Crippen LogP contribution in [0.4, 0.5) is 10.2 Å². The van der Waals surface area contributed by atoms with Crippen LogP contribution in [-0.2, 0) is 0 Å². The summed E-state index contributed by atoms with van der Waals surface area (Å²) in [6, 6.07) is 1.01. The molecule has 1 heterocycles. The normalized spacial score (nSPS) is 10.3. The van der Waals surface area contributed by atoms with Crippen molar-refractivity contribution in [3.05, 3.63) is 23.6 Å². The van der Waals surface area contributed by atoms with Gasteiger partial charge in [0, 0.05) is 13.1 Å². The molecule has 0 radical (unpaired) electrons. The zero-order valence-corrected chi connectivity index (χ0v) is 10.1. The number of pyridine rings is 1. The molecule has 0 unspecified atom stereocenters. The molecule has 0 amide bonds. The van der Waals surface area contributed by atoms with Gasteiger partial charge in [-0.1, -0.05) is 13.3 Å². The molecule has 17 heavy (non-hydrogen) atoms. The first-order valence-electron chi connectivity index (χ1n) is 5.73. The molecule has 0 aliphatic rings. The predicted octanol–water partition coefficient (Wildman–Crippen LogP) is 2.55. The van der Waals surface area contributed by atoms with Crippen molar-refractivity contribution in [2.75, 3.05) is 18.0 Å².